The standard InChI is InChI=1S/C23H32N2O2Si/c1-16(2)23(5,6)28-27-22(3,4)20-13-18-12-19(14-24-21(18)25-20)26-15-17-10-8-7-9-11-17/h7-14,16H,15,28H2,1-6H3,(H,24,25). The Hall–Kier alpha value is -2.11. The highest BCUT2D eigenvalue weighted by Crippen LogP contribution is 2.36. The van der Waals surface area contributed by atoms with Crippen LogP contribution in [0.25, 0.3) is 11.0 Å². The van der Waals surface area contributed by atoms with Crippen LogP contribution in [-0.4, -0.2) is 19.7 Å². The van der Waals surface area contributed by atoms with Crippen molar-refractivity contribution in [2.75, 3.05) is 0 Å². The molecule has 0 aliphatic heterocycles. The first-order valence-electron chi connectivity index (χ1n) is 9.97. The van der Waals surface area contributed by atoms with Crippen molar-refractivity contribution in [3.8, 4) is 5.75 Å². The van der Waals surface area contributed by atoms with Crippen molar-refractivity contribution < 1.29 is 9.16 Å². The zero-order valence-electron chi connectivity index (χ0n) is 17.9. The Kier molecular flexibility index (Phi) is 5.96. The second-order valence-electron chi connectivity index (χ2n) is 9.01. The van der Waals surface area contributed by atoms with Gasteiger partial charge in [-0.1, -0.05) is 58.0 Å². The first-order chi connectivity index (χ1) is 13.2. The van der Waals surface area contributed by atoms with Gasteiger partial charge in [-0.25, -0.2) is 4.98 Å². The lowest BCUT2D eigenvalue weighted by Gasteiger charge is -2.33. The number of ether oxygens (including phenoxy) is 1. The largest absolute Gasteiger partial charge is 0.487 e. The first kappa shape index (κ1) is 20.6. The number of fused-ring (bicyclic) bond motifs is 1. The predicted octanol–water partition coefficient (Wildman–Crippen LogP) is 5.33. The average Bonchev–Trinajstić information content (AvgIpc) is 3.10. The van der Waals surface area contributed by atoms with Crippen molar-refractivity contribution in [3.05, 3.63) is 59.9 Å². The highest BCUT2D eigenvalue weighted by molar-refractivity contribution is 6.32. The Morgan fingerprint density at radius 1 is 1.07 bits per heavy atom. The third-order valence-electron chi connectivity index (χ3n) is 5.71. The molecule has 0 saturated heterocycles. The smallest absolute Gasteiger partial charge is 0.168 e. The molecule has 3 rings (SSSR count). The van der Waals surface area contributed by atoms with Crippen molar-refractivity contribution in [1.29, 1.82) is 0 Å². The molecule has 2 aromatic heterocycles. The topological polar surface area (TPSA) is 47.1 Å². The highest BCUT2D eigenvalue weighted by atomic mass is 28.2. The predicted molar refractivity (Wildman–Crippen MR) is 118 cm³/mol. The van der Waals surface area contributed by atoms with Gasteiger partial charge in [-0.15, -0.1) is 0 Å². The van der Waals surface area contributed by atoms with Crippen molar-refractivity contribution in [2.24, 2.45) is 5.92 Å². The molecular weight excluding hydrogens is 364 g/mol. The van der Waals surface area contributed by atoms with Crippen LogP contribution in [0.1, 0.15) is 52.8 Å². The van der Waals surface area contributed by atoms with E-state index in [2.05, 4.69) is 69.7 Å². The van der Waals surface area contributed by atoms with E-state index in [1.54, 1.807) is 6.20 Å². The number of benzene rings is 1. The fourth-order valence-electron chi connectivity index (χ4n) is 2.75. The molecule has 2 heterocycles. The fourth-order valence-corrected chi connectivity index (χ4v) is 3.97. The lowest BCUT2D eigenvalue weighted by molar-refractivity contribution is 0.102. The summed E-state index contributed by atoms with van der Waals surface area (Å²) in [6, 6.07) is 14.3. The quantitative estimate of drug-likeness (QED) is 0.523. The SMILES string of the molecule is CC(C)C(C)(C)[SiH2]OC(C)(C)c1cc2cc(OCc3ccccc3)cnc2[nH]1. The van der Waals surface area contributed by atoms with E-state index < -0.39 is 9.76 Å². The molecule has 5 heteroatoms. The van der Waals surface area contributed by atoms with E-state index in [-0.39, 0.29) is 10.6 Å². The van der Waals surface area contributed by atoms with Gasteiger partial charge in [-0.2, -0.15) is 0 Å². The summed E-state index contributed by atoms with van der Waals surface area (Å²) in [5, 5.41) is 1.31. The molecule has 0 atom stereocenters. The van der Waals surface area contributed by atoms with Crippen LogP contribution in [0.4, 0.5) is 0 Å². The van der Waals surface area contributed by atoms with E-state index in [9.17, 15) is 0 Å². The fraction of sp³-hybridized carbons (Fsp3) is 0.435. The molecule has 0 aliphatic rings. The van der Waals surface area contributed by atoms with Crippen molar-refractivity contribution in [1.82, 2.24) is 9.97 Å². The molecule has 0 unspecified atom stereocenters. The highest BCUT2D eigenvalue weighted by Gasteiger charge is 2.30. The van der Waals surface area contributed by atoms with Crippen LogP contribution in [0.3, 0.4) is 0 Å². The molecule has 0 fully saturated rings. The Labute approximate surface area is 170 Å². The molecule has 0 aliphatic carbocycles. The number of pyridine rings is 1. The van der Waals surface area contributed by atoms with Gasteiger partial charge in [-0.3, -0.25) is 0 Å². The normalized spacial score (nSPS) is 13.1. The number of aromatic nitrogens is 2. The van der Waals surface area contributed by atoms with Crippen molar-refractivity contribution >= 4 is 20.8 Å². The number of nitrogens with zero attached hydrogens (tertiary/aromatic N) is 1. The third kappa shape index (κ3) is 4.83. The van der Waals surface area contributed by atoms with E-state index in [0.717, 1.165) is 28.0 Å². The van der Waals surface area contributed by atoms with Crippen molar-refractivity contribution in [2.45, 2.75) is 58.8 Å². The molecule has 1 N–H and O–H groups in total. The molecule has 0 bridgehead atoms. The summed E-state index contributed by atoms with van der Waals surface area (Å²) in [7, 11) is -0.703. The summed E-state index contributed by atoms with van der Waals surface area (Å²) in [4.78, 5) is 7.97. The minimum atomic E-state index is -0.703. The zero-order chi connectivity index (χ0) is 20.4. The van der Waals surface area contributed by atoms with Crippen LogP contribution >= 0.6 is 0 Å². The Balaban J connectivity index is 1.72. The summed E-state index contributed by atoms with van der Waals surface area (Å²) >= 11 is 0. The van der Waals surface area contributed by atoms with Gasteiger partial charge < -0.3 is 14.1 Å². The monoisotopic (exact) mass is 396 g/mol. The number of aromatic amines is 1. The summed E-state index contributed by atoms with van der Waals surface area (Å²) < 4.78 is 12.4. The molecular formula is C23H32N2O2Si. The van der Waals surface area contributed by atoms with Crippen molar-refractivity contribution in [3.63, 3.8) is 0 Å². The molecule has 4 nitrogen and oxygen atoms in total. The van der Waals surface area contributed by atoms with Crippen LogP contribution in [0, 0.1) is 5.92 Å². The second kappa shape index (κ2) is 8.09. The molecule has 3 aromatic rings. The van der Waals surface area contributed by atoms with Gasteiger partial charge in [-0.05, 0) is 42.5 Å². The van der Waals surface area contributed by atoms with Crippen LogP contribution in [-0.2, 0) is 16.6 Å². The van der Waals surface area contributed by atoms with E-state index in [0.29, 0.717) is 12.5 Å². The summed E-state index contributed by atoms with van der Waals surface area (Å²) in [6.45, 7) is 14.0. The van der Waals surface area contributed by atoms with Gasteiger partial charge in [0, 0.05) is 11.1 Å². The maximum Gasteiger partial charge on any atom is 0.168 e. The van der Waals surface area contributed by atoms with Gasteiger partial charge in [0.2, 0.25) is 0 Å². The van der Waals surface area contributed by atoms with Crippen LogP contribution in [0.2, 0.25) is 5.04 Å². The van der Waals surface area contributed by atoms with Gasteiger partial charge in [0.05, 0.1) is 11.8 Å². The minimum Gasteiger partial charge on any atom is -0.487 e. The summed E-state index contributed by atoms with van der Waals surface area (Å²) in [5.74, 6) is 1.39. The lowest BCUT2D eigenvalue weighted by Crippen LogP contribution is -2.31. The van der Waals surface area contributed by atoms with Gasteiger partial charge >= 0.3 is 0 Å². The maximum absolute atomic E-state index is 6.46. The average molecular weight is 397 g/mol. The maximum atomic E-state index is 6.46. The lowest BCUT2D eigenvalue weighted by atomic mass is 9.99. The number of rotatable bonds is 8. The number of H-pyrrole nitrogens is 1. The second-order valence-corrected chi connectivity index (χ2v) is 11.4. The zero-order valence-corrected chi connectivity index (χ0v) is 19.3. The van der Waals surface area contributed by atoms with Gasteiger partial charge in [0.1, 0.15) is 18.0 Å². The van der Waals surface area contributed by atoms with Gasteiger partial charge in [0.25, 0.3) is 0 Å². The Morgan fingerprint density at radius 2 is 1.79 bits per heavy atom. The van der Waals surface area contributed by atoms with E-state index >= 15 is 0 Å². The number of hydrogen-bond donors (Lipinski definition) is 1. The molecule has 0 saturated carbocycles. The Bertz CT molecular complexity index is 917. The van der Waals surface area contributed by atoms with Gasteiger partial charge in [0.15, 0.2) is 9.76 Å². The van der Waals surface area contributed by atoms with Crippen LogP contribution in [0.15, 0.2) is 48.7 Å². The first-order valence-corrected chi connectivity index (χ1v) is 11.3. The number of hydrogen-bond acceptors (Lipinski definition) is 3. The molecule has 0 radical (unpaired) electrons. The summed E-state index contributed by atoms with van der Waals surface area (Å²) in [5.41, 5.74) is 2.71. The molecule has 0 amide bonds. The van der Waals surface area contributed by atoms with E-state index in [1.165, 1.54) is 0 Å². The molecule has 150 valence electrons. The minimum absolute atomic E-state index is 0.264. The van der Waals surface area contributed by atoms with Crippen LogP contribution in [0.5, 0.6) is 5.75 Å². The van der Waals surface area contributed by atoms with E-state index in [1.807, 2.05) is 24.3 Å². The number of nitrogens with one attached hydrogen (secondary N) is 1. The summed E-state index contributed by atoms with van der Waals surface area (Å²) in [6.07, 6.45) is 1.77. The molecule has 28 heavy (non-hydrogen) atoms. The third-order valence-corrected chi connectivity index (χ3v) is 8.14. The molecule has 0 spiro atoms. The Morgan fingerprint density at radius 3 is 2.46 bits per heavy atom. The van der Waals surface area contributed by atoms with E-state index in [4.69, 9.17) is 9.16 Å². The van der Waals surface area contributed by atoms with Crippen LogP contribution < -0.4 is 4.74 Å². The molecule has 1 aromatic carbocycles.